The summed E-state index contributed by atoms with van der Waals surface area (Å²) in [6.45, 7) is 0. The summed E-state index contributed by atoms with van der Waals surface area (Å²) < 4.78 is 22.0. The highest BCUT2D eigenvalue weighted by atomic mass is 79.9. The van der Waals surface area contributed by atoms with Gasteiger partial charge in [-0.2, -0.15) is 5.10 Å². The molecule has 0 atom stereocenters. The first-order chi connectivity index (χ1) is 16.9. The van der Waals surface area contributed by atoms with Crippen molar-refractivity contribution in [3.05, 3.63) is 87.9 Å². The number of rotatable bonds is 9. The molecule has 9 heteroatoms. The molecule has 0 radical (unpaired) electrons. The van der Waals surface area contributed by atoms with Gasteiger partial charge in [-0.1, -0.05) is 46.3 Å². The van der Waals surface area contributed by atoms with E-state index in [4.69, 9.17) is 18.9 Å². The molecule has 3 aromatic carbocycles. The highest BCUT2D eigenvalue weighted by Crippen LogP contribution is 2.38. The lowest BCUT2D eigenvalue weighted by Gasteiger charge is -2.13. The molecule has 3 aromatic rings. The number of hydrazone groups is 1. The van der Waals surface area contributed by atoms with E-state index in [1.54, 1.807) is 24.3 Å². The van der Waals surface area contributed by atoms with Gasteiger partial charge in [-0.25, -0.2) is 10.2 Å². The number of hydrogen-bond donors (Lipinski definition) is 1. The van der Waals surface area contributed by atoms with Crippen LogP contribution in [0.3, 0.4) is 0 Å². The number of carbonyl (C=O) groups is 2. The van der Waals surface area contributed by atoms with Crippen LogP contribution in [0.1, 0.15) is 21.5 Å². The number of nitrogens with zero attached hydrogens (tertiary/aromatic N) is 1. The molecule has 35 heavy (non-hydrogen) atoms. The van der Waals surface area contributed by atoms with Crippen LogP contribution in [-0.4, -0.2) is 39.4 Å². The lowest BCUT2D eigenvalue weighted by molar-refractivity contribution is -0.128. The van der Waals surface area contributed by atoms with Gasteiger partial charge in [-0.05, 0) is 42.0 Å². The Morgan fingerprint density at radius 1 is 0.886 bits per heavy atom. The van der Waals surface area contributed by atoms with E-state index in [-0.39, 0.29) is 11.3 Å². The Labute approximate surface area is 211 Å². The second kappa shape index (κ2) is 12.4. The van der Waals surface area contributed by atoms with Crippen LogP contribution in [0, 0.1) is 0 Å². The number of hydrogen-bond acceptors (Lipinski definition) is 7. The first-order valence-corrected chi connectivity index (χ1v) is 11.1. The smallest absolute Gasteiger partial charge is 0.336 e. The number of esters is 1. The summed E-state index contributed by atoms with van der Waals surface area (Å²) in [4.78, 5) is 24.9. The van der Waals surface area contributed by atoms with Crippen molar-refractivity contribution in [1.29, 1.82) is 0 Å². The summed E-state index contributed by atoms with van der Waals surface area (Å²) in [6, 6.07) is 17.5. The molecule has 0 heterocycles. The molecule has 0 spiro atoms. The van der Waals surface area contributed by atoms with Gasteiger partial charge in [0.15, 0.2) is 11.5 Å². The fraction of sp³-hybridized carbons (Fsp3) is 0.115. The quantitative estimate of drug-likeness (QED) is 0.137. The van der Waals surface area contributed by atoms with E-state index in [0.717, 1.165) is 10.0 Å². The number of methoxy groups -OCH3 is 3. The molecule has 0 aromatic heterocycles. The maximum Gasteiger partial charge on any atom is 0.336 e. The van der Waals surface area contributed by atoms with Crippen LogP contribution >= 0.6 is 15.9 Å². The lowest BCUT2D eigenvalue weighted by Crippen LogP contribution is -2.18. The zero-order chi connectivity index (χ0) is 25.2. The van der Waals surface area contributed by atoms with Gasteiger partial charge in [0.2, 0.25) is 5.75 Å². The van der Waals surface area contributed by atoms with Crippen LogP contribution in [0.25, 0.3) is 6.08 Å². The highest BCUT2D eigenvalue weighted by molar-refractivity contribution is 9.10. The molecule has 0 bridgehead atoms. The second-order valence-corrected chi connectivity index (χ2v) is 7.88. The van der Waals surface area contributed by atoms with Crippen molar-refractivity contribution in [1.82, 2.24) is 5.43 Å². The molecule has 0 aliphatic heterocycles. The summed E-state index contributed by atoms with van der Waals surface area (Å²) in [5.74, 6) is 0.280. The van der Waals surface area contributed by atoms with Crippen LogP contribution in [0.15, 0.2) is 76.3 Å². The Kier molecular flexibility index (Phi) is 9.02. The molecular formula is C26H23BrN2O6. The fourth-order valence-electron chi connectivity index (χ4n) is 3.02. The van der Waals surface area contributed by atoms with E-state index in [2.05, 4.69) is 26.5 Å². The van der Waals surface area contributed by atoms with Crippen LogP contribution in [0.5, 0.6) is 23.0 Å². The Bertz CT molecular complexity index is 1230. The predicted molar refractivity (Wildman–Crippen MR) is 136 cm³/mol. The minimum Gasteiger partial charge on any atom is -0.493 e. The van der Waals surface area contributed by atoms with Gasteiger partial charge < -0.3 is 18.9 Å². The largest absolute Gasteiger partial charge is 0.493 e. The third-order valence-corrected chi connectivity index (χ3v) is 5.18. The zero-order valence-electron chi connectivity index (χ0n) is 19.3. The molecule has 0 aliphatic carbocycles. The molecule has 1 N–H and O–H groups in total. The topological polar surface area (TPSA) is 95.5 Å². The summed E-state index contributed by atoms with van der Waals surface area (Å²) in [5.41, 5.74) is 4.05. The molecule has 1 amide bonds. The van der Waals surface area contributed by atoms with Crippen molar-refractivity contribution in [2.75, 3.05) is 21.3 Å². The Hall–Kier alpha value is -4.11. The third kappa shape index (κ3) is 6.94. The molecular weight excluding hydrogens is 516 g/mol. The SMILES string of the molecule is COc1cc(C(=O)N/N=C\c2cc(Br)ccc2OC(=O)/C=C/c2ccccc2)cc(OC)c1OC. The monoisotopic (exact) mass is 538 g/mol. The Morgan fingerprint density at radius 3 is 2.20 bits per heavy atom. The normalized spacial score (nSPS) is 10.9. The zero-order valence-corrected chi connectivity index (χ0v) is 20.9. The lowest BCUT2D eigenvalue weighted by atomic mass is 10.1. The van der Waals surface area contributed by atoms with E-state index in [1.165, 1.54) is 45.8 Å². The molecule has 0 fully saturated rings. The minimum absolute atomic E-state index is 0.253. The molecule has 3 rings (SSSR count). The average molecular weight is 539 g/mol. The van der Waals surface area contributed by atoms with E-state index < -0.39 is 11.9 Å². The Morgan fingerprint density at radius 2 is 1.57 bits per heavy atom. The molecule has 8 nitrogen and oxygen atoms in total. The molecule has 0 unspecified atom stereocenters. The summed E-state index contributed by atoms with van der Waals surface area (Å²) in [7, 11) is 4.40. The van der Waals surface area contributed by atoms with Gasteiger partial charge in [0, 0.05) is 21.7 Å². The predicted octanol–water partition coefficient (Wildman–Crippen LogP) is 4.86. The van der Waals surface area contributed by atoms with Crippen molar-refractivity contribution in [2.24, 2.45) is 5.10 Å². The van der Waals surface area contributed by atoms with Gasteiger partial charge >= 0.3 is 5.97 Å². The van der Waals surface area contributed by atoms with Gasteiger partial charge in [0.1, 0.15) is 5.75 Å². The molecule has 0 aliphatic rings. The maximum absolute atomic E-state index is 12.6. The maximum atomic E-state index is 12.6. The van der Waals surface area contributed by atoms with Crippen molar-refractivity contribution in [3.63, 3.8) is 0 Å². The third-order valence-electron chi connectivity index (χ3n) is 4.69. The van der Waals surface area contributed by atoms with Gasteiger partial charge in [-0.3, -0.25) is 4.79 Å². The molecule has 180 valence electrons. The van der Waals surface area contributed by atoms with E-state index >= 15 is 0 Å². The number of benzene rings is 3. The van der Waals surface area contributed by atoms with Crippen molar-refractivity contribution < 1.29 is 28.5 Å². The summed E-state index contributed by atoms with van der Waals surface area (Å²) in [5, 5.41) is 4.01. The number of halogens is 1. The summed E-state index contributed by atoms with van der Waals surface area (Å²) >= 11 is 3.38. The van der Waals surface area contributed by atoms with Crippen LogP contribution in [-0.2, 0) is 4.79 Å². The number of amides is 1. The van der Waals surface area contributed by atoms with Gasteiger partial charge in [-0.15, -0.1) is 0 Å². The van der Waals surface area contributed by atoms with Gasteiger partial charge in [0.25, 0.3) is 5.91 Å². The first-order valence-electron chi connectivity index (χ1n) is 10.3. The number of ether oxygens (including phenoxy) is 4. The first kappa shape index (κ1) is 25.5. The van der Waals surface area contributed by atoms with E-state index in [0.29, 0.717) is 22.8 Å². The average Bonchev–Trinajstić information content (AvgIpc) is 2.88. The molecule has 0 saturated heterocycles. The number of carbonyl (C=O) groups excluding carboxylic acids is 2. The highest BCUT2D eigenvalue weighted by Gasteiger charge is 2.17. The van der Waals surface area contributed by atoms with Crippen molar-refractivity contribution in [3.8, 4) is 23.0 Å². The van der Waals surface area contributed by atoms with E-state index in [1.807, 2.05) is 30.3 Å². The van der Waals surface area contributed by atoms with Crippen LogP contribution < -0.4 is 24.4 Å². The second-order valence-electron chi connectivity index (χ2n) is 6.96. The Balaban J connectivity index is 1.73. The number of nitrogens with one attached hydrogen (secondary N) is 1. The van der Waals surface area contributed by atoms with Crippen molar-refractivity contribution >= 4 is 40.1 Å². The van der Waals surface area contributed by atoms with E-state index in [9.17, 15) is 9.59 Å². The minimum atomic E-state index is -0.549. The standard InChI is InChI=1S/C26H23BrN2O6/c1-32-22-14-18(15-23(33-2)25(22)34-3)26(31)29-28-16-19-13-20(27)10-11-21(19)35-24(30)12-9-17-7-5-4-6-8-17/h4-16H,1-3H3,(H,29,31)/b12-9+,28-16-. The fourth-order valence-corrected chi connectivity index (χ4v) is 3.40. The van der Waals surface area contributed by atoms with Crippen LogP contribution in [0.4, 0.5) is 0 Å². The van der Waals surface area contributed by atoms with Crippen LogP contribution in [0.2, 0.25) is 0 Å². The van der Waals surface area contributed by atoms with Crippen molar-refractivity contribution in [2.45, 2.75) is 0 Å². The van der Waals surface area contributed by atoms with Gasteiger partial charge in [0.05, 0.1) is 27.5 Å². The molecule has 0 saturated carbocycles. The summed E-state index contributed by atoms with van der Waals surface area (Å²) in [6.07, 6.45) is 4.38.